The molecule has 0 aliphatic rings. The number of hydrogen-bond acceptors (Lipinski definition) is 2. The number of aliphatic hydroxyl groups is 1. The van der Waals surface area contributed by atoms with Crippen molar-refractivity contribution in [2.75, 3.05) is 6.61 Å². The van der Waals surface area contributed by atoms with Gasteiger partial charge in [0.1, 0.15) is 12.4 Å². The summed E-state index contributed by atoms with van der Waals surface area (Å²) in [4.78, 5) is 0. The zero-order valence-electron chi connectivity index (χ0n) is 10.3. The molecule has 2 rings (SSSR count). The highest BCUT2D eigenvalue weighted by atomic mass is 79.9. The molecule has 0 saturated carbocycles. The van der Waals surface area contributed by atoms with Crippen molar-refractivity contribution in [2.45, 2.75) is 13.5 Å². The topological polar surface area (TPSA) is 29.5 Å². The van der Waals surface area contributed by atoms with Crippen LogP contribution in [0, 0.1) is 0 Å². The first-order chi connectivity index (χ1) is 8.77. The SMILES string of the molecule is Brc1ccccc1OCc1ccccc1.CCO. The standard InChI is InChI=1S/C13H11BrO.C2H6O/c14-12-8-4-5-9-13(12)15-10-11-6-2-1-3-7-11;1-2-3/h1-9H,10H2;3H,2H2,1H3. The Kier molecular flexibility index (Phi) is 7.14. The fraction of sp³-hybridized carbons (Fsp3) is 0.200. The van der Waals surface area contributed by atoms with Gasteiger partial charge >= 0.3 is 0 Å². The molecule has 18 heavy (non-hydrogen) atoms. The second-order valence-corrected chi connectivity index (χ2v) is 4.38. The van der Waals surface area contributed by atoms with Crippen molar-refractivity contribution in [3.05, 3.63) is 64.6 Å². The first-order valence-electron chi connectivity index (χ1n) is 5.80. The van der Waals surface area contributed by atoms with Gasteiger partial charge in [0.05, 0.1) is 4.47 Å². The van der Waals surface area contributed by atoms with Crippen molar-refractivity contribution in [1.82, 2.24) is 0 Å². The van der Waals surface area contributed by atoms with Crippen molar-refractivity contribution < 1.29 is 9.84 Å². The van der Waals surface area contributed by atoms with Gasteiger partial charge < -0.3 is 9.84 Å². The largest absolute Gasteiger partial charge is 0.488 e. The zero-order valence-corrected chi connectivity index (χ0v) is 11.9. The second-order valence-electron chi connectivity index (χ2n) is 3.52. The number of para-hydroxylation sites is 1. The molecule has 1 N–H and O–H groups in total. The van der Waals surface area contributed by atoms with Gasteiger partial charge in [-0.2, -0.15) is 0 Å². The first-order valence-corrected chi connectivity index (χ1v) is 6.59. The quantitative estimate of drug-likeness (QED) is 0.927. The third-order valence-electron chi connectivity index (χ3n) is 2.07. The normalized spacial score (nSPS) is 9.28. The Hall–Kier alpha value is -1.32. The van der Waals surface area contributed by atoms with E-state index in [1.807, 2.05) is 42.5 Å². The minimum atomic E-state index is 0.250. The van der Waals surface area contributed by atoms with E-state index in [1.54, 1.807) is 6.92 Å². The predicted octanol–water partition coefficient (Wildman–Crippen LogP) is 4.03. The summed E-state index contributed by atoms with van der Waals surface area (Å²) in [6, 6.07) is 18.0. The lowest BCUT2D eigenvalue weighted by Gasteiger charge is -2.07. The van der Waals surface area contributed by atoms with Crippen LogP contribution in [0.5, 0.6) is 5.75 Å². The van der Waals surface area contributed by atoms with Crippen molar-refractivity contribution in [1.29, 1.82) is 0 Å². The van der Waals surface area contributed by atoms with E-state index in [4.69, 9.17) is 9.84 Å². The summed E-state index contributed by atoms with van der Waals surface area (Å²) in [5.74, 6) is 0.876. The Morgan fingerprint density at radius 2 is 1.56 bits per heavy atom. The fourth-order valence-electron chi connectivity index (χ4n) is 1.30. The van der Waals surface area contributed by atoms with Crippen molar-refractivity contribution in [3.8, 4) is 5.75 Å². The highest BCUT2D eigenvalue weighted by molar-refractivity contribution is 9.10. The van der Waals surface area contributed by atoms with Gasteiger partial charge in [0, 0.05) is 6.61 Å². The minimum Gasteiger partial charge on any atom is -0.488 e. The smallest absolute Gasteiger partial charge is 0.133 e. The van der Waals surface area contributed by atoms with Gasteiger partial charge in [-0.3, -0.25) is 0 Å². The zero-order chi connectivity index (χ0) is 13.2. The molecule has 96 valence electrons. The molecule has 0 fully saturated rings. The van der Waals surface area contributed by atoms with E-state index in [0.29, 0.717) is 6.61 Å². The molecule has 2 aromatic rings. The summed E-state index contributed by atoms with van der Waals surface area (Å²) in [5, 5.41) is 7.57. The summed E-state index contributed by atoms with van der Waals surface area (Å²) >= 11 is 3.44. The number of halogens is 1. The average Bonchev–Trinajstić information content (AvgIpc) is 2.40. The molecule has 0 radical (unpaired) electrons. The lowest BCUT2D eigenvalue weighted by atomic mass is 10.2. The van der Waals surface area contributed by atoms with Crippen LogP contribution >= 0.6 is 15.9 Å². The maximum Gasteiger partial charge on any atom is 0.133 e. The Morgan fingerprint density at radius 1 is 1.00 bits per heavy atom. The number of benzene rings is 2. The Morgan fingerprint density at radius 3 is 2.17 bits per heavy atom. The van der Waals surface area contributed by atoms with Crippen LogP contribution in [0.25, 0.3) is 0 Å². The molecule has 2 nitrogen and oxygen atoms in total. The molecular weight excluding hydrogens is 292 g/mol. The third kappa shape index (κ3) is 5.34. The molecule has 0 bridgehead atoms. The van der Waals surface area contributed by atoms with E-state index in [9.17, 15) is 0 Å². The predicted molar refractivity (Wildman–Crippen MR) is 77.7 cm³/mol. The van der Waals surface area contributed by atoms with Gasteiger partial charge in [-0.25, -0.2) is 0 Å². The number of rotatable bonds is 3. The van der Waals surface area contributed by atoms with Crippen LogP contribution < -0.4 is 4.74 Å². The molecule has 0 heterocycles. The van der Waals surface area contributed by atoms with E-state index >= 15 is 0 Å². The summed E-state index contributed by atoms with van der Waals surface area (Å²) in [6.07, 6.45) is 0. The van der Waals surface area contributed by atoms with Crippen LogP contribution in [-0.4, -0.2) is 11.7 Å². The summed E-state index contributed by atoms with van der Waals surface area (Å²) in [5.41, 5.74) is 1.17. The molecule has 0 aliphatic carbocycles. The van der Waals surface area contributed by atoms with Gasteiger partial charge in [0.25, 0.3) is 0 Å². The molecule has 3 heteroatoms. The highest BCUT2D eigenvalue weighted by Crippen LogP contribution is 2.24. The van der Waals surface area contributed by atoms with E-state index in [2.05, 4.69) is 28.1 Å². The van der Waals surface area contributed by atoms with Gasteiger partial charge in [-0.05, 0) is 40.5 Å². The molecule has 2 aromatic carbocycles. The van der Waals surface area contributed by atoms with Gasteiger partial charge in [0.2, 0.25) is 0 Å². The molecule has 0 spiro atoms. The molecule has 0 unspecified atom stereocenters. The van der Waals surface area contributed by atoms with Crippen LogP contribution in [0.4, 0.5) is 0 Å². The van der Waals surface area contributed by atoms with Crippen LogP contribution in [0.3, 0.4) is 0 Å². The van der Waals surface area contributed by atoms with Crippen molar-refractivity contribution in [2.24, 2.45) is 0 Å². The number of hydrogen-bond donors (Lipinski definition) is 1. The maximum atomic E-state index is 7.57. The third-order valence-corrected chi connectivity index (χ3v) is 2.73. The van der Waals surface area contributed by atoms with E-state index in [1.165, 1.54) is 5.56 Å². The molecule has 0 aromatic heterocycles. The van der Waals surface area contributed by atoms with Crippen LogP contribution in [0.15, 0.2) is 59.1 Å². The lowest BCUT2D eigenvalue weighted by molar-refractivity contribution is 0.304. The van der Waals surface area contributed by atoms with Gasteiger partial charge in [0.15, 0.2) is 0 Å². The molecular formula is C15H17BrO2. The Balaban J connectivity index is 0.000000492. The highest BCUT2D eigenvalue weighted by Gasteiger charge is 1.98. The molecule has 0 saturated heterocycles. The molecule has 0 amide bonds. The van der Waals surface area contributed by atoms with Crippen LogP contribution in [0.2, 0.25) is 0 Å². The van der Waals surface area contributed by atoms with Gasteiger partial charge in [-0.1, -0.05) is 42.5 Å². The fourth-order valence-corrected chi connectivity index (χ4v) is 1.70. The second kappa shape index (κ2) is 8.72. The summed E-state index contributed by atoms with van der Waals surface area (Å²) in [7, 11) is 0. The van der Waals surface area contributed by atoms with E-state index in [-0.39, 0.29) is 6.61 Å². The van der Waals surface area contributed by atoms with Gasteiger partial charge in [-0.15, -0.1) is 0 Å². The Bertz CT molecular complexity index is 443. The van der Waals surface area contributed by atoms with Crippen molar-refractivity contribution in [3.63, 3.8) is 0 Å². The van der Waals surface area contributed by atoms with E-state index < -0.39 is 0 Å². The van der Waals surface area contributed by atoms with Crippen LogP contribution in [-0.2, 0) is 6.61 Å². The Labute approximate surface area is 116 Å². The summed E-state index contributed by atoms with van der Waals surface area (Å²) in [6.45, 7) is 2.53. The van der Waals surface area contributed by atoms with Crippen LogP contribution in [0.1, 0.15) is 12.5 Å². The monoisotopic (exact) mass is 308 g/mol. The minimum absolute atomic E-state index is 0.250. The number of ether oxygens (including phenoxy) is 1. The maximum absolute atomic E-state index is 7.57. The molecule has 0 aliphatic heterocycles. The summed E-state index contributed by atoms with van der Waals surface area (Å²) < 4.78 is 6.66. The molecule has 0 atom stereocenters. The lowest BCUT2D eigenvalue weighted by Crippen LogP contribution is -1.95. The average molecular weight is 309 g/mol. The number of aliphatic hydroxyl groups excluding tert-OH is 1. The van der Waals surface area contributed by atoms with Crippen molar-refractivity contribution >= 4 is 15.9 Å². The first kappa shape index (κ1) is 14.7. The van der Waals surface area contributed by atoms with E-state index in [0.717, 1.165) is 10.2 Å².